The van der Waals surface area contributed by atoms with E-state index < -0.39 is 8.07 Å². The van der Waals surface area contributed by atoms with Crippen molar-refractivity contribution in [3.05, 3.63) is 0 Å². The van der Waals surface area contributed by atoms with Gasteiger partial charge in [0.15, 0.2) is 0 Å². The molecule has 0 aromatic carbocycles. The van der Waals surface area contributed by atoms with Crippen molar-refractivity contribution in [1.82, 2.24) is 0 Å². The Kier molecular flexibility index (Phi) is 1.93. The minimum Gasteiger partial charge on any atom is -0.354 e. The lowest BCUT2D eigenvalue weighted by Crippen LogP contribution is -2.38. The normalized spacial score (nSPS) is 23.0. The lowest BCUT2D eigenvalue weighted by molar-refractivity contribution is 0.0174. The Morgan fingerprint density at radius 2 is 1.56 bits per heavy atom. The molecule has 54 valence electrons. The summed E-state index contributed by atoms with van der Waals surface area (Å²) in [5.74, 6) is 0.150. The highest BCUT2D eigenvalue weighted by Crippen LogP contribution is 2.16. The Hall–Kier alpha value is 0.137. The molecule has 2 nitrogen and oxygen atoms in total. The third-order valence-corrected chi connectivity index (χ3v) is 3.08. The van der Waals surface area contributed by atoms with Gasteiger partial charge in [-0.25, -0.2) is 0 Å². The predicted octanol–water partition coefficient (Wildman–Crippen LogP) is 1.24. The summed E-state index contributed by atoms with van der Waals surface area (Å²) in [7, 11) is -1.17. The average molecular weight is 146 g/mol. The first-order valence-electron chi connectivity index (χ1n) is 3.34. The minimum atomic E-state index is -1.17. The van der Waals surface area contributed by atoms with Crippen LogP contribution in [0.5, 0.6) is 0 Å². The monoisotopic (exact) mass is 146 g/mol. The lowest BCUT2D eigenvalue weighted by Gasteiger charge is -2.21. The van der Waals surface area contributed by atoms with Crippen LogP contribution in [0.4, 0.5) is 0 Å². The molecule has 0 aromatic rings. The maximum atomic E-state index is 5.36. The smallest absolute Gasteiger partial charge is 0.141 e. The summed E-state index contributed by atoms with van der Waals surface area (Å²) in [6.45, 7) is 8.33. The van der Waals surface area contributed by atoms with Crippen molar-refractivity contribution < 1.29 is 9.47 Å². The van der Waals surface area contributed by atoms with Gasteiger partial charge in [-0.2, -0.15) is 0 Å². The van der Waals surface area contributed by atoms with Gasteiger partial charge in [0.05, 0.1) is 13.2 Å². The van der Waals surface area contributed by atoms with E-state index >= 15 is 0 Å². The van der Waals surface area contributed by atoms with Crippen LogP contribution in [0.1, 0.15) is 0 Å². The molecule has 0 radical (unpaired) electrons. The fraction of sp³-hybridized carbons (Fsp3) is 1.00. The molecule has 1 aliphatic rings. The van der Waals surface area contributed by atoms with Gasteiger partial charge in [-0.3, -0.25) is 0 Å². The molecule has 0 N–H and O–H groups in total. The van der Waals surface area contributed by atoms with Crippen molar-refractivity contribution in [2.75, 3.05) is 13.2 Å². The molecular formula is C6H14O2Si. The summed E-state index contributed by atoms with van der Waals surface area (Å²) in [6, 6.07) is 0. The molecule has 1 saturated heterocycles. The topological polar surface area (TPSA) is 18.5 Å². The summed E-state index contributed by atoms with van der Waals surface area (Å²) < 4.78 is 10.7. The molecule has 1 aliphatic heterocycles. The highest BCUT2D eigenvalue weighted by atomic mass is 28.3. The molecule has 9 heavy (non-hydrogen) atoms. The van der Waals surface area contributed by atoms with Gasteiger partial charge in [-0.15, -0.1) is 0 Å². The third kappa shape index (κ3) is 1.78. The highest BCUT2D eigenvalue weighted by Gasteiger charge is 2.31. The fourth-order valence-electron chi connectivity index (χ4n) is 0.858. The molecule has 1 rings (SSSR count). The van der Waals surface area contributed by atoms with Crippen LogP contribution in [0.25, 0.3) is 0 Å². The molecule has 0 aromatic heterocycles. The molecule has 0 atom stereocenters. The van der Waals surface area contributed by atoms with Crippen molar-refractivity contribution >= 4 is 8.07 Å². The van der Waals surface area contributed by atoms with E-state index in [1.165, 1.54) is 0 Å². The Bertz CT molecular complexity index is 91.7. The molecule has 1 fully saturated rings. The summed E-state index contributed by atoms with van der Waals surface area (Å²) in [4.78, 5) is 0. The van der Waals surface area contributed by atoms with Gasteiger partial charge in [0.2, 0.25) is 0 Å². The maximum absolute atomic E-state index is 5.36. The summed E-state index contributed by atoms with van der Waals surface area (Å²) in [5.41, 5.74) is 0. The van der Waals surface area contributed by atoms with Crippen molar-refractivity contribution in [3.8, 4) is 0 Å². The Balaban J connectivity index is 2.42. The van der Waals surface area contributed by atoms with E-state index in [9.17, 15) is 0 Å². The molecule has 0 spiro atoms. The average Bonchev–Trinajstić information content (AvgIpc) is 2.08. The molecule has 0 aliphatic carbocycles. The molecule has 0 bridgehead atoms. The van der Waals surface area contributed by atoms with Crippen LogP contribution >= 0.6 is 0 Å². The van der Waals surface area contributed by atoms with E-state index in [0.717, 1.165) is 13.2 Å². The van der Waals surface area contributed by atoms with E-state index in [2.05, 4.69) is 19.6 Å². The highest BCUT2D eigenvalue weighted by molar-refractivity contribution is 6.77. The van der Waals surface area contributed by atoms with Gasteiger partial charge in [0.1, 0.15) is 14.0 Å². The van der Waals surface area contributed by atoms with Crippen LogP contribution < -0.4 is 0 Å². The van der Waals surface area contributed by atoms with E-state index in [0.29, 0.717) is 0 Å². The van der Waals surface area contributed by atoms with Crippen LogP contribution in [0.15, 0.2) is 0 Å². The number of ether oxygens (including phenoxy) is 2. The van der Waals surface area contributed by atoms with E-state index in [1.807, 2.05) is 0 Å². The third-order valence-electron chi connectivity index (χ3n) is 1.33. The van der Waals surface area contributed by atoms with Crippen LogP contribution in [0, 0.1) is 0 Å². The zero-order valence-corrected chi connectivity index (χ0v) is 7.31. The largest absolute Gasteiger partial charge is 0.354 e. The van der Waals surface area contributed by atoms with Gasteiger partial charge >= 0.3 is 0 Å². The molecule has 3 heteroatoms. The van der Waals surface area contributed by atoms with Crippen molar-refractivity contribution in [2.24, 2.45) is 0 Å². The molecular weight excluding hydrogens is 132 g/mol. The standard InChI is InChI=1S/C6H14O2Si/c1-9(2,3)6-7-4-5-8-6/h6H,4-5H2,1-3H3. The van der Waals surface area contributed by atoms with E-state index in [4.69, 9.17) is 9.47 Å². The minimum absolute atomic E-state index is 0.150. The van der Waals surface area contributed by atoms with Crippen LogP contribution in [0.2, 0.25) is 19.6 Å². The first-order chi connectivity index (χ1) is 4.11. The van der Waals surface area contributed by atoms with Crippen LogP contribution in [-0.2, 0) is 9.47 Å². The Labute approximate surface area is 57.2 Å². The SMILES string of the molecule is C[Si](C)(C)C1OCCO1. The van der Waals surface area contributed by atoms with Gasteiger partial charge in [-0.05, 0) is 0 Å². The second kappa shape index (κ2) is 2.40. The van der Waals surface area contributed by atoms with Gasteiger partial charge in [0, 0.05) is 0 Å². The van der Waals surface area contributed by atoms with E-state index in [-0.39, 0.29) is 5.91 Å². The fourth-order valence-corrected chi connectivity index (χ4v) is 2.09. The Morgan fingerprint density at radius 1 is 1.11 bits per heavy atom. The first-order valence-corrected chi connectivity index (χ1v) is 6.91. The molecule has 0 amide bonds. The van der Waals surface area contributed by atoms with Crippen molar-refractivity contribution in [3.63, 3.8) is 0 Å². The summed E-state index contributed by atoms with van der Waals surface area (Å²) in [5, 5.41) is 0. The molecule has 1 heterocycles. The van der Waals surface area contributed by atoms with Gasteiger partial charge < -0.3 is 9.47 Å². The van der Waals surface area contributed by atoms with Crippen LogP contribution in [0.3, 0.4) is 0 Å². The number of hydrogen-bond acceptors (Lipinski definition) is 2. The second-order valence-corrected chi connectivity index (χ2v) is 8.64. The first kappa shape index (κ1) is 7.25. The maximum Gasteiger partial charge on any atom is 0.141 e. The predicted molar refractivity (Wildman–Crippen MR) is 39.0 cm³/mol. The van der Waals surface area contributed by atoms with E-state index in [1.54, 1.807) is 0 Å². The van der Waals surface area contributed by atoms with Crippen molar-refractivity contribution in [2.45, 2.75) is 25.6 Å². The second-order valence-electron chi connectivity index (χ2n) is 3.44. The van der Waals surface area contributed by atoms with Crippen molar-refractivity contribution in [1.29, 1.82) is 0 Å². The number of rotatable bonds is 1. The Morgan fingerprint density at radius 3 is 1.78 bits per heavy atom. The quantitative estimate of drug-likeness (QED) is 0.518. The summed E-state index contributed by atoms with van der Waals surface area (Å²) >= 11 is 0. The summed E-state index contributed by atoms with van der Waals surface area (Å²) in [6.07, 6.45) is 0. The molecule has 0 unspecified atom stereocenters. The molecule has 0 saturated carbocycles. The zero-order chi connectivity index (χ0) is 6.91. The lowest BCUT2D eigenvalue weighted by atomic mass is 10.8. The number of hydrogen-bond donors (Lipinski definition) is 0. The van der Waals surface area contributed by atoms with Gasteiger partial charge in [-0.1, -0.05) is 19.6 Å². The zero-order valence-electron chi connectivity index (χ0n) is 6.31. The van der Waals surface area contributed by atoms with Crippen LogP contribution in [-0.4, -0.2) is 27.2 Å². The van der Waals surface area contributed by atoms with Gasteiger partial charge in [0.25, 0.3) is 0 Å².